The molecule has 0 radical (unpaired) electrons. The van der Waals surface area contributed by atoms with Crippen LogP contribution in [0.1, 0.15) is 23.6 Å². The molecule has 3 heteroatoms. The number of anilines is 1. The molecule has 0 bridgehead atoms. The summed E-state index contributed by atoms with van der Waals surface area (Å²) in [6.45, 7) is 0. The van der Waals surface area contributed by atoms with Gasteiger partial charge in [0.25, 0.3) is 0 Å². The Labute approximate surface area is 158 Å². The van der Waals surface area contributed by atoms with Gasteiger partial charge in [0.2, 0.25) is 0 Å². The largest absolute Gasteiger partial charge is 0.376 e. The standard InChI is InChI=1S/C23H19ClN2/c24-19-13-10-17(11-14-19)12-15-20-16-23(18-6-2-1-3-7-18)26-22-9-5-4-8-21(22)25-20/h1-15,23,26H,16H2/b15-12+. The number of benzene rings is 3. The average molecular weight is 359 g/mol. The molecule has 128 valence electrons. The Balaban J connectivity index is 1.67. The number of allylic oxidation sites excluding steroid dienone is 1. The van der Waals surface area contributed by atoms with Crippen LogP contribution in [0.3, 0.4) is 0 Å². The van der Waals surface area contributed by atoms with Gasteiger partial charge in [-0.25, -0.2) is 0 Å². The first-order valence-corrected chi connectivity index (χ1v) is 9.07. The first-order chi connectivity index (χ1) is 12.8. The summed E-state index contributed by atoms with van der Waals surface area (Å²) in [6, 6.07) is 26.7. The molecule has 3 aromatic rings. The van der Waals surface area contributed by atoms with Crippen LogP contribution in [-0.4, -0.2) is 5.71 Å². The molecule has 0 amide bonds. The zero-order valence-corrected chi connectivity index (χ0v) is 15.0. The number of hydrogen-bond donors (Lipinski definition) is 1. The maximum Gasteiger partial charge on any atom is 0.0864 e. The quantitative estimate of drug-likeness (QED) is 0.554. The van der Waals surface area contributed by atoms with Crippen molar-refractivity contribution < 1.29 is 0 Å². The fourth-order valence-corrected chi connectivity index (χ4v) is 3.23. The second-order valence-corrected chi connectivity index (χ2v) is 6.75. The van der Waals surface area contributed by atoms with E-state index in [0.29, 0.717) is 0 Å². The van der Waals surface area contributed by atoms with Crippen molar-refractivity contribution in [1.29, 1.82) is 0 Å². The molecule has 4 rings (SSSR count). The Hall–Kier alpha value is -2.84. The molecule has 0 aromatic heterocycles. The van der Waals surface area contributed by atoms with Crippen molar-refractivity contribution >= 4 is 34.8 Å². The molecule has 0 fully saturated rings. The average Bonchev–Trinajstić information content (AvgIpc) is 2.87. The van der Waals surface area contributed by atoms with Crippen molar-refractivity contribution in [2.75, 3.05) is 5.32 Å². The highest BCUT2D eigenvalue weighted by molar-refractivity contribution is 6.30. The predicted octanol–water partition coefficient (Wildman–Crippen LogP) is 6.68. The van der Waals surface area contributed by atoms with Crippen molar-refractivity contribution in [3.8, 4) is 0 Å². The number of hydrogen-bond acceptors (Lipinski definition) is 2. The van der Waals surface area contributed by atoms with Gasteiger partial charge in [0.05, 0.1) is 17.4 Å². The van der Waals surface area contributed by atoms with E-state index in [1.165, 1.54) is 5.56 Å². The number of halogens is 1. The summed E-state index contributed by atoms with van der Waals surface area (Å²) in [6.07, 6.45) is 5.01. The third-order valence-electron chi connectivity index (χ3n) is 4.45. The fourth-order valence-electron chi connectivity index (χ4n) is 3.10. The lowest BCUT2D eigenvalue weighted by molar-refractivity contribution is 0.830. The lowest BCUT2D eigenvalue weighted by Gasteiger charge is -2.18. The van der Waals surface area contributed by atoms with E-state index in [2.05, 4.69) is 47.8 Å². The Morgan fingerprint density at radius 3 is 2.38 bits per heavy atom. The summed E-state index contributed by atoms with van der Waals surface area (Å²) in [4.78, 5) is 4.89. The second-order valence-electron chi connectivity index (χ2n) is 6.32. The minimum Gasteiger partial charge on any atom is -0.376 e. The number of rotatable bonds is 3. The monoisotopic (exact) mass is 358 g/mol. The molecular formula is C23H19ClN2. The molecule has 0 aliphatic carbocycles. The molecule has 3 aromatic carbocycles. The zero-order valence-electron chi connectivity index (χ0n) is 14.3. The third kappa shape index (κ3) is 3.87. The van der Waals surface area contributed by atoms with Crippen molar-refractivity contribution in [2.45, 2.75) is 12.5 Å². The van der Waals surface area contributed by atoms with E-state index in [4.69, 9.17) is 16.6 Å². The molecule has 1 aliphatic heterocycles. The maximum absolute atomic E-state index is 5.97. The van der Waals surface area contributed by atoms with Crippen LogP contribution in [-0.2, 0) is 0 Å². The van der Waals surface area contributed by atoms with E-state index < -0.39 is 0 Å². The molecule has 1 aliphatic rings. The van der Waals surface area contributed by atoms with Gasteiger partial charge >= 0.3 is 0 Å². The van der Waals surface area contributed by atoms with E-state index >= 15 is 0 Å². The molecule has 1 heterocycles. The van der Waals surface area contributed by atoms with Gasteiger partial charge in [0, 0.05) is 17.2 Å². The zero-order chi connectivity index (χ0) is 17.8. The van der Waals surface area contributed by atoms with Gasteiger partial charge in [-0.15, -0.1) is 0 Å². The van der Waals surface area contributed by atoms with E-state index in [1.807, 2.05) is 48.5 Å². The van der Waals surface area contributed by atoms with Gasteiger partial charge in [-0.05, 0) is 41.5 Å². The molecule has 0 saturated heterocycles. The molecule has 1 atom stereocenters. The molecule has 0 saturated carbocycles. The first-order valence-electron chi connectivity index (χ1n) is 8.70. The fraction of sp³-hybridized carbons (Fsp3) is 0.0870. The van der Waals surface area contributed by atoms with Gasteiger partial charge in [0.15, 0.2) is 0 Å². The minimum absolute atomic E-state index is 0.188. The maximum atomic E-state index is 5.97. The van der Waals surface area contributed by atoms with Crippen LogP contribution in [0, 0.1) is 0 Å². The lowest BCUT2D eigenvalue weighted by atomic mass is 10.0. The van der Waals surface area contributed by atoms with E-state index in [0.717, 1.165) is 34.1 Å². The summed E-state index contributed by atoms with van der Waals surface area (Å²) >= 11 is 5.97. The van der Waals surface area contributed by atoms with Crippen molar-refractivity contribution in [3.63, 3.8) is 0 Å². The van der Waals surface area contributed by atoms with Crippen molar-refractivity contribution in [1.82, 2.24) is 0 Å². The molecule has 2 nitrogen and oxygen atoms in total. The van der Waals surface area contributed by atoms with E-state index in [9.17, 15) is 0 Å². The highest BCUT2D eigenvalue weighted by atomic mass is 35.5. The Morgan fingerprint density at radius 2 is 1.58 bits per heavy atom. The summed E-state index contributed by atoms with van der Waals surface area (Å²) in [7, 11) is 0. The highest BCUT2D eigenvalue weighted by Crippen LogP contribution is 2.34. The third-order valence-corrected chi connectivity index (χ3v) is 4.70. The lowest BCUT2D eigenvalue weighted by Crippen LogP contribution is -2.12. The Morgan fingerprint density at radius 1 is 0.846 bits per heavy atom. The van der Waals surface area contributed by atoms with Crippen LogP contribution >= 0.6 is 11.6 Å². The van der Waals surface area contributed by atoms with Gasteiger partial charge in [0.1, 0.15) is 0 Å². The molecular weight excluding hydrogens is 340 g/mol. The Bertz CT molecular complexity index is 943. The minimum atomic E-state index is 0.188. The van der Waals surface area contributed by atoms with Crippen LogP contribution in [0.2, 0.25) is 5.02 Å². The Kier molecular flexibility index (Phi) is 4.85. The number of para-hydroxylation sites is 2. The van der Waals surface area contributed by atoms with E-state index in [-0.39, 0.29) is 6.04 Å². The summed E-state index contributed by atoms with van der Waals surface area (Å²) < 4.78 is 0. The number of fused-ring (bicyclic) bond motifs is 1. The van der Waals surface area contributed by atoms with Crippen LogP contribution in [0.4, 0.5) is 11.4 Å². The summed E-state index contributed by atoms with van der Waals surface area (Å²) in [5.74, 6) is 0. The number of nitrogens with one attached hydrogen (secondary N) is 1. The predicted molar refractivity (Wildman–Crippen MR) is 111 cm³/mol. The van der Waals surface area contributed by atoms with E-state index in [1.54, 1.807) is 0 Å². The highest BCUT2D eigenvalue weighted by Gasteiger charge is 2.18. The smallest absolute Gasteiger partial charge is 0.0864 e. The number of nitrogens with zero attached hydrogens (tertiary/aromatic N) is 1. The van der Waals surface area contributed by atoms with Crippen LogP contribution < -0.4 is 5.32 Å². The van der Waals surface area contributed by atoms with Crippen molar-refractivity contribution in [3.05, 3.63) is 101 Å². The molecule has 26 heavy (non-hydrogen) atoms. The first kappa shape index (κ1) is 16.6. The molecule has 1 N–H and O–H groups in total. The summed E-state index contributed by atoms with van der Waals surface area (Å²) in [5.41, 5.74) is 5.46. The van der Waals surface area contributed by atoms with Gasteiger partial charge in [-0.2, -0.15) is 0 Å². The topological polar surface area (TPSA) is 24.4 Å². The van der Waals surface area contributed by atoms with Gasteiger partial charge < -0.3 is 5.32 Å². The second kappa shape index (κ2) is 7.59. The summed E-state index contributed by atoms with van der Waals surface area (Å²) in [5, 5.41) is 4.39. The normalized spacial score (nSPS) is 16.5. The van der Waals surface area contributed by atoms with Crippen LogP contribution in [0.15, 0.2) is 89.9 Å². The van der Waals surface area contributed by atoms with Crippen LogP contribution in [0.5, 0.6) is 0 Å². The van der Waals surface area contributed by atoms with Crippen LogP contribution in [0.25, 0.3) is 6.08 Å². The van der Waals surface area contributed by atoms with Crippen molar-refractivity contribution in [2.24, 2.45) is 4.99 Å². The molecule has 0 spiro atoms. The number of aliphatic imine (C=N–C) groups is 1. The van der Waals surface area contributed by atoms with Gasteiger partial charge in [-0.3, -0.25) is 4.99 Å². The SMILES string of the molecule is Clc1ccc(/C=C/C2=Nc3ccccc3NC(c3ccccc3)C2)cc1. The molecule has 1 unspecified atom stereocenters. The van der Waals surface area contributed by atoms with Gasteiger partial charge in [-0.1, -0.05) is 72.3 Å².